The van der Waals surface area contributed by atoms with E-state index >= 15 is 0 Å². The summed E-state index contributed by atoms with van der Waals surface area (Å²) in [5.74, 6) is 2.22. The van der Waals surface area contributed by atoms with Gasteiger partial charge in [0.15, 0.2) is 11.6 Å². The molecule has 3 heterocycles. The molecule has 0 radical (unpaired) electrons. The largest absolute Gasteiger partial charge is 0.478 e. The molecule has 1 aromatic carbocycles. The van der Waals surface area contributed by atoms with Crippen LogP contribution in [0.15, 0.2) is 59.9 Å². The fourth-order valence-corrected chi connectivity index (χ4v) is 4.35. The minimum atomic E-state index is -1.02. The highest BCUT2D eigenvalue weighted by atomic mass is 16.4. The number of carbonyl (C=O) groups is 1. The monoisotopic (exact) mass is 444 g/mol. The van der Waals surface area contributed by atoms with Crippen molar-refractivity contribution in [2.24, 2.45) is 16.8 Å². The molecular formula is C25H28N6O2. The second-order valence-electron chi connectivity index (χ2n) is 8.74. The summed E-state index contributed by atoms with van der Waals surface area (Å²) in [7, 11) is 0. The van der Waals surface area contributed by atoms with E-state index in [9.17, 15) is 9.90 Å². The summed E-state index contributed by atoms with van der Waals surface area (Å²) < 4.78 is 0. The summed E-state index contributed by atoms with van der Waals surface area (Å²) in [6.45, 7) is 6.48. The van der Waals surface area contributed by atoms with Gasteiger partial charge < -0.3 is 20.4 Å². The number of pyridine rings is 1. The van der Waals surface area contributed by atoms with E-state index in [1.807, 2.05) is 18.2 Å². The standard InChI is InChI=1S/C25H28N6O2/c1-16-11-17(2)15-31(14-16)23-8-4-7-22(30-23)29-21(24-27-9-10-28-24)13-20(26)18-5-3-6-19(12-18)25(32)33/h3-10,12,16-17,26H,11,13-15H2,1-2H3,(H,27,28)(H,32,33). The Labute approximate surface area is 192 Å². The number of nitrogens with zero attached hydrogens (tertiary/aromatic N) is 4. The van der Waals surface area contributed by atoms with Gasteiger partial charge in [-0.15, -0.1) is 0 Å². The number of carboxylic acid groups (broad SMARTS) is 1. The van der Waals surface area contributed by atoms with Gasteiger partial charge in [-0.25, -0.2) is 19.8 Å². The summed E-state index contributed by atoms with van der Waals surface area (Å²) in [6, 6.07) is 12.2. The zero-order valence-electron chi connectivity index (χ0n) is 18.8. The number of aromatic carboxylic acids is 1. The van der Waals surface area contributed by atoms with E-state index in [-0.39, 0.29) is 17.7 Å². The Kier molecular flexibility index (Phi) is 6.63. The fraction of sp³-hybridized carbons (Fsp3) is 0.320. The van der Waals surface area contributed by atoms with E-state index in [0.717, 1.165) is 18.9 Å². The molecular weight excluding hydrogens is 416 g/mol. The lowest BCUT2D eigenvalue weighted by Crippen LogP contribution is -2.39. The van der Waals surface area contributed by atoms with Crippen molar-refractivity contribution in [1.82, 2.24) is 15.0 Å². The third kappa shape index (κ3) is 5.52. The van der Waals surface area contributed by atoms with Gasteiger partial charge in [-0.3, -0.25) is 0 Å². The van der Waals surface area contributed by atoms with E-state index in [1.54, 1.807) is 24.5 Å². The molecule has 2 unspecified atom stereocenters. The summed E-state index contributed by atoms with van der Waals surface area (Å²) in [5.41, 5.74) is 1.50. The smallest absolute Gasteiger partial charge is 0.335 e. The molecule has 0 aliphatic carbocycles. The van der Waals surface area contributed by atoms with Crippen molar-refractivity contribution in [2.45, 2.75) is 26.7 Å². The van der Waals surface area contributed by atoms with Gasteiger partial charge in [0.1, 0.15) is 5.82 Å². The Morgan fingerprint density at radius 1 is 1.18 bits per heavy atom. The number of aromatic nitrogens is 3. The van der Waals surface area contributed by atoms with Crippen LogP contribution >= 0.6 is 0 Å². The van der Waals surface area contributed by atoms with Crippen LogP contribution in [0, 0.1) is 17.2 Å². The summed E-state index contributed by atoms with van der Waals surface area (Å²) in [4.78, 5) is 30.5. The molecule has 0 saturated carbocycles. The lowest BCUT2D eigenvalue weighted by molar-refractivity contribution is 0.0697. The highest BCUT2D eigenvalue weighted by Crippen LogP contribution is 2.26. The lowest BCUT2D eigenvalue weighted by atomic mass is 9.92. The van der Waals surface area contributed by atoms with E-state index in [4.69, 9.17) is 15.4 Å². The molecule has 2 atom stereocenters. The van der Waals surface area contributed by atoms with Crippen LogP contribution in [0.25, 0.3) is 0 Å². The number of imidazole rings is 1. The second-order valence-corrected chi connectivity index (χ2v) is 8.74. The molecule has 0 bridgehead atoms. The summed E-state index contributed by atoms with van der Waals surface area (Å²) >= 11 is 0. The second kappa shape index (κ2) is 9.77. The molecule has 4 rings (SSSR count). The quantitative estimate of drug-likeness (QED) is 0.462. The van der Waals surface area contributed by atoms with Crippen LogP contribution < -0.4 is 4.90 Å². The molecule has 1 saturated heterocycles. The SMILES string of the molecule is CC1CC(C)CN(c2cccc(N=C(CC(=N)c3cccc(C(=O)O)c3)c3ncc[nH]3)n2)C1. The first kappa shape index (κ1) is 22.4. The van der Waals surface area contributed by atoms with Crippen LogP contribution in [0.4, 0.5) is 11.6 Å². The van der Waals surface area contributed by atoms with Gasteiger partial charge in [0.05, 0.1) is 11.3 Å². The van der Waals surface area contributed by atoms with Gasteiger partial charge in [-0.2, -0.15) is 0 Å². The molecule has 0 spiro atoms. The number of benzene rings is 1. The molecule has 8 nitrogen and oxygen atoms in total. The number of hydrogen-bond acceptors (Lipinski definition) is 6. The Bertz CT molecular complexity index is 1160. The molecule has 0 amide bonds. The van der Waals surface area contributed by atoms with E-state index in [1.165, 1.54) is 18.6 Å². The zero-order chi connectivity index (χ0) is 23.4. The van der Waals surface area contributed by atoms with Crippen molar-refractivity contribution in [3.05, 3.63) is 71.8 Å². The van der Waals surface area contributed by atoms with Gasteiger partial charge in [-0.1, -0.05) is 32.0 Å². The van der Waals surface area contributed by atoms with Crippen molar-refractivity contribution in [3.63, 3.8) is 0 Å². The van der Waals surface area contributed by atoms with Crippen molar-refractivity contribution in [2.75, 3.05) is 18.0 Å². The van der Waals surface area contributed by atoms with Gasteiger partial charge in [0.25, 0.3) is 0 Å². The Hall–Kier alpha value is -3.81. The molecule has 3 N–H and O–H groups in total. The maximum atomic E-state index is 11.3. The number of piperidine rings is 1. The van der Waals surface area contributed by atoms with Crippen molar-refractivity contribution in [1.29, 1.82) is 5.41 Å². The van der Waals surface area contributed by atoms with Crippen LogP contribution in [0.2, 0.25) is 0 Å². The first-order chi connectivity index (χ1) is 15.9. The fourth-order valence-electron chi connectivity index (χ4n) is 4.35. The summed E-state index contributed by atoms with van der Waals surface area (Å²) in [5, 5.41) is 17.8. The number of aromatic amines is 1. The van der Waals surface area contributed by atoms with Gasteiger partial charge in [-0.05, 0) is 48.1 Å². The predicted octanol–water partition coefficient (Wildman–Crippen LogP) is 4.56. The topological polar surface area (TPSA) is 118 Å². The highest BCUT2D eigenvalue weighted by molar-refractivity contribution is 6.16. The number of hydrogen-bond donors (Lipinski definition) is 3. The van der Waals surface area contributed by atoms with Crippen LogP contribution in [-0.2, 0) is 0 Å². The third-order valence-electron chi connectivity index (χ3n) is 5.74. The molecule has 33 heavy (non-hydrogen) atoms. The Morgan fingerprint density at radius 3 is 2.61 bits per heavy atom. The van der Waals surface area contributed by atoms with E-state index in [2.05, 4.69) is 28.7 Å². The number of carboxylic acids is 1. The van der Waals surface area contributed by atoms with E-state index < -0.39 is 5.97 Å². The van der Waals surface area contributed by atoms with Crippen LogP contribution in [-0.4, -0.2) is 50.5 Å². The first-order valence-electron chi connectivity index (χ1n) is 11.1. The molecule has 1 aliphatic rings. The zero-order valence-corrected chi connectivity index (χ0v) is 18.8. The van der Waals surface area contributed by atoms with Crippen LogP contribution in [0.3, 0.4) is 0 Å². The van der Waals surface area contributed by atoms with Crippen LogP contribution in [0.1, 0.15) is 48.4 Å². The van der Waals surface area contributed by atoms with Crippen LogP contribution in [0.5, 0.6) is 0 Å². The van der Waals surface area contributed by atoms with Crippen molar-refractivity contribution >= 4 is 29.0 Å². The van der Waals surface area contributed by atoms with Gasteiger partial charge >= 0.3 is 5.97 Å². The molecule has 1 fully saturated rings. The molecule has 170 valence electrons. The number of nitrogens with one attached hydrogen (secondary N) is 2. The van der Waals surface area contributed by atoms with Gasteiger partial charge in [0, 0.05) is 37.6 Å². The number of aliphatic imine (C=N–C) groups is 1. The number of H-pyrrole nitrogens is 1. The number of rotatable bonds is 7. The minimum Gasteiger partial charge on any atom is -0.478 e. The molecule has 3 aromatic rings. The third-order valence-corrected chi connectivity index (χ3v) is 5.74. The van der Waals surface area contributed by atoms with Crippen molar-refractivity contribution < 1.29 is 9.90 Å². The minimum absolute atomic E-state index is 0.146. The van der Waals surface area contributed by atoms with Gasteiger partial charge in [0.2, 0.25) is 0 Å². The normalized spacial score (nSPS) is 18.8. The maximum absolute atomic E-state index is 11.3. The maximum Gasteiger partial charge on any atom is 0.335 e. The summed E-state index contributed by atoms with van der Waals surface area (Å²) in [6.07, 6.45) is 4.75. The average Bonchev–Trinajstić information content (AvgIpc) is 3.33. The predicted molar refractivity (Wildman–Crippen MR) is 129 cm³/mol. The highest BCUT2D eigenvalue weighted by Gasteiger charge is 2.23. The first-order valence-corrected chi connectivity index (χ1v) is 11.1. The average molecular weight is 445 g/mol. The Balaban J connectivity index is 1.62. The molecule has 8 heteroatoms. The van der Waals surface area contributed by atoms with Crippen molar-refractivity contribution in [3.8, 4) is 0 Å². The van der Waals surface area contributed by atoms with E-state index in [0.29, 0.717) is 34.8 Å². The molecule has 2 aromatic heterocycles. The molecule has 1 aliphatic heterocycles. The Morgan fingerprint density at radius 2 is 1.91 bits per heavy atom. The lowest BCUT2D eigenvalue weighted by Gasteiger charge is -2.35. The number of anilines is 1.